The van der Waals surface area contributed by atoms with E-state index in [1.54, 1.807) is 24.3 Å². The molecule has 2 heterocycles. The Balaban J connectivity index is 2.02. The van der Waals surface area contributed by atoms with Gasteiger partial charge in [-0.1, -0.05) is 15.9 Å². The number of rotatable bonds is 3. The van der Waals surface area contributed by atoms with E-state index in [9.17, 15) is 9.59 Å². The molecular weight excluding hydrogens is 324 g/mol. The molecule has 0 amide bonds. The van der Waals surface area contributed by atoms with Crippen molar-refractivity contribution in [3.63, 3.8) is 0 Å². The van der Waals surface area contributed by atoms with Crippen molar-refractivity contribution in [3.8, 4) is 0 Å². The molecule has 100 valence electrons. The number of nitrogens with zero attached hydrogens (tertiary/aromatic N) is 2. The number of carbonyl (C=O) groups is 1. The van der Waals surface area contributed by atoms with E-state index >= 15 is 0 Å². The van der Waals surface area contributed by atoms with Crippen LogP contribution in [0.5, 0.6) is 0 Å². The molecule has 0 aliphatic rings. The minimum absolute atomic E-state index is 0.0954. The SMILES string of the molecule is O=C(Cn1cnc2ccc(Br)cc2c1=O)c1ccco1. The number of benzene rings is 1. The fourth-order valence-corrected chi connectivity index (χ4v) is 2.27. The number of hydrogen-bond acceptors (Lipinski definition) is 4. The van der Waals surface area contributed by atoms with E-state index in [1.165, 1.54) is 17.2 Å². The summed E-state index contributed by atoms with van der Waals surface area (Å²) in [6, 6.07) is 8.45. The summed E-state index contributed by atoms with van der Waals surface area (Å²) in [6.45, 7) is -0.0954. The van der Waals surface area contributed by atoms with Crippen LogP contribution in [0.25, 0.3) is 10.9 Å². The average Bonchev–Trinajstić information content (AvgIpc) is 2.96. The molecule has 0 saturated heterocycles. The number of aromatic nitrogens is 2. The van der Waals surface area contributed by atoms with Crippen molar-refractivity contribution in [3.05, 3.63) is 63.5 Å². The van der Waals surface area contributed by atoms with Gasteiger partial charge in [-0.25, -0.2) is 4.98 Å². The highest BCUT2D eigenvalue weighted by Crippen LogP contribution is 2.15. The van der Waals surface area contributed by atoms with Crippen molar-refractivity contribution in [2.24, 2.45) is 0 Å². The first-order valence-corrected chi connectivity index (χ1v) is 6.66. The molecule has 0 fully saturated rings. The zero-order chi connectivity index (χ0) is 14.1. The molecule has 0 unspecified atom stereocenters. The van der Waals surface area contributed by atoms with Crippen molar-refractivity contribution >= 4 is 32.6 Å². The highest BCUT2D eigenvalue weighted by molar-refractivity contribution is 9.10. The van der Waals surface area contributed by atoms with E-state index in [1.807, 2.05) is 6.07 Å². The smallest absolute Gasteiger partial charge is 0.261 e. The van der Waals surface area contributed by atoms with Gasteiger partial charge in [-0.15, -0.1) is 0 Å². The van der Waals surface area contributed by atoms with Gasteiger partial charge in [-0.2, -0.15) is 0 Å². The lowest BCUT2D eigenvalue weighted by Gasteiger charge is -2.05. The zero-order valence-electron chi connectivity index (χ0n) is 10.2. The Kier molecular flexibility index (Phi) is 3.23. The lowest BCUT2D eigenvalue weighted by atomic mass is 10.2. The first-order chi connectivity index (χ1) is 9.65. The number of fused-ring (bicyclic) bond motifs is 1. The fourth-order valence-electron chi connectivity index (χ4n) is 1.91. The Labute approximate surface area is 122 Å². The van der Waals surface area contributed by atoms with Gasteiger partial charge in [0.15, 0.2) is 5.76 Å². The predicted octanol–water partition coefficient (Wildman–Crippen LogP) is 2.63. The first-order valence-electron chi connectivity index (χ1n) is 5.86. The molecule has 0 spiro atoms. The van der Waals surface area contributed by atoms with E-state index in [0.717, 1.165) is 4.47 Å². The molecule has 2 aromatic heterocycles. The molecule has 3 aromatic rings. The van der Waals surface area contributed by atoms with Crippen molar-refractivity contribution in [2.45, 2.75) is 6.54 Å². The van der Waals surface area contributed by atoms with Crippen LogP contribution < -0.4 is 5.56 Å². The Morgan fingerprint density at radius 2 is 2.20 bits per heavy atom. The molecule has 0 saturated carbocycles. The van der Waals surface area contributed by atoms with Gasteiger partial charge in [0.1, 0.15) is 0 Å². The third kappa shape index (κ3) is 2.30. The molecule has 0 aliphatic carbocycles. The van der Waals surface area contributed by atoms with Crippen LogP contribution >= 0.6 is 15.9 Å². The molecule has 20 heavy (non-hydrogen) atoms. The summed E-state index contributed by atoms with van der Waals surface area (Å²) in [7, 11) is 0. The van der Waals surface area contributed by atoms with Crippen LogP contribution in [-0.4, -0.2) is 15.3 Å². The molecule has 0 radical (unpaired) electrons. The van der Waals surface area contributed by atoms with Gasteiger partial charge < -0.3 is 4.42 Å². The van der Waals surface area contributed by atoms with Crippen molar-refractivity contribution < 1.29 is 9.21 Å². The number of furan rings is 1. The minimum Gasteiger partial charge on any atom is -0.461 e. The van der Waals surface area contributed by atoms with Crippen LogP contribution in [0.2, 0.25) is 0 Å². The van der Waals surface area contributed by atoms with E-state index in [0.29, 0.717) is 10.9 Å². The highest BCUT2D eigenvalue weighted by atomic mass is 79.9. The molecule has 1 aromatic carbocycles. The first kappa shape index (κ1) is 12.8. The third-order valence-corrected chi connectivity index (χ3v) is 3.39. The second-order valence-electron chi connectivity index (χ2n) is 4.24. The minimum atomic E-state index is -0.270. The molecule has 3 rings (SSSR count). The number of carbonyl (C=O) groups excluding carboxylic acids is 1. The summed E-state index contributed by atoms with van der Waals surface area (Å²) in [5, 5.41) is 0.467. The van der Waals surface area contributed by atoms with E-state index in [2.05, 4.69) is 20.9 Å². The maximum atomic E-state index is 12.3. The van der Waals surface area contributed by atoms with Crippen molar-refractivity contribution in [1.82, 2.24) is 9.55 Å². The maximum Gasteiger partial charge on any atom is 0.261 e. The lowest BCUT2D eigenvalue weighted by molar-refractivity contribution is 0.0943. The lowest BCUT2D eigenvalue weighted by Crippen LogP contribution is -2.24. The summed E-state index contributed by atoms with van der Waals surface area (Å²) >= 11 is 3.32. The fraction of sp³-hybridized carbons (Fsp3) is 0.0714. The number of Topliss-reactive ketones (excluding diaryl/α,β-unsaturated/α-hetero) is 1. The van der Waals surface area contributed by atoms with Crippen molar-refractivity contribution in [2.75, 3.05) is 0 Å². The predicted molar refractivity (Wildman–Crippen MR) is 76.7 cm³/mol. The maximum absolute atomic E-state index is 12.3. The zero-order valence-corrected chi connectivity index (χ0v) is 11.8. The van der Waals surface area contributed by atoms with Crippen LogP contribution in [0.3, 0.4) is 0 Å². The largest absolute Gasteiger partial charge is 0.461 e. The Morgan fingerprint density at radius 1 is 1.35 bits per heavy atom. The van der Waals surface area contributed by atoms with Gasteiger partial charge in [-0.3, -0.25) is 14.2 Å². The summed E-state index contributed by atoms with van der Waals surface area (Å²) in [5.41, 5.74) is 0.344. The van der Waals surface area contributed by atoms with E-state index in [-0.39, 0.29) is 23.6 Å². The summed E-state index contributed by atoms with van der Waals surface area (Å²) in [6.07, 6.45) is 2.80. The van der Waals surface area contributed by atoms with E-state index < -0.39 is 0 Å². The van der Waals surface area contributed by atoms with E-state index in [4.69, 9.17) is 4.42 Å². The summed E-state index contributed by atoms with van der Waals surface area (Å²) < 4.78 is 7.09. The van der Waals surface area contributed by atoms with Gasteiger partial charge in [-0.05, 0) is 30.3 Å². The number of ketones is 1. The Morgan fingerprint density at radius 3 is 2.95 bits per heavy atom. The molecular formula is C14H9BrN2O3. The Hall–Kier alpha value is -2.21. The van der Waals surface area contributed by atoms with Crippen LogP contribution in [0, 0.1) is 0 Å². The normalized spacial score (nSPS) is 10.8. The third-order valence-electron chi connectivity index (χ3n) is 2.90. The molecule has 5 nitrogen and oxygen atoms in total. The second kappa shape index (κ2) is 5.05. The Bertz CT molecular complexity index is 837. The molecule has 0 bridgehead atoms. The summed E-state index contributed by atoms with van der Waals surface area (Å²) in [5.74, 6) is -0.0421. The van der Waals surface area contributed by atoms with Crippen LogP contribution in [0.15, 0.2) is 56.6 Å². The monoisotopic (exact) mass is 332 g/mol. The second-order valence-corrected chi connectivity index (χ2v) is 5.16. The topological polar surface area (TPSA) is 65.1 Å². The van der Waals surface area contributed by atoms with Crippen molar-refractivity contribution in [1.29, 1.82) is 0 Å². The van der Waals surface area contributed by atoms with Gasteiger partial charge in [0.2, 0.25) is 5.78 Å². The van der Waals surface area contributed by atoms with Gasteiger partial charge in [0, 0.05) is 4.47 Å². The van der Waals surface area contributed by atoms with Gasteiger partial charge in [0.25, 0.3) is 5.56 Å². The highest BCUT2D eigenvalue weighted by Gasteiger charge is 2.12. The number of hydrogen-bond donors (Lipinski definition) is 0. The molecule has 0 aliphatic heterocycles. The standard InChI is InChI=1S/C14H9BrN2O3/c15-9-3-4-11-10(6-9)14(19)17(8-16-11)7-12(18)13-2-1-5-20-13/h1-6,8H,7H2. The quantitative estimate of drug-likeness (QED) is 0.691. The summed E-state index contributed by atoms with van der Waals surface area (Å²) in [4.78, 5) is 28.4. The molecule has 6 heteroatoms. The van der Waals surface area contributed by atoms with Crippen LogP contribution in [-0.2, 0) is 6.54 Å². The van der Waals surface area contributed by atoms with Gasteiger partial charge in [0.05, 0.1) is 30.0 Å². The number of halogens is 1. The molecule has 0 atom stereocenters. The van der Waals surface area contributed by atoms with Crippen LogP contribution in [0.4, 0.5) is 0 Å². The average molecular weight is 333 g/mol. The van der Waals surface area contributed by atoms with Gasteiger partial charge >= 0.3 is 0 Å². The van der Waals surface area contributed by atoms with Crippen LogP contribution in [0.1, 0.15) is 10.6 Å². The molecule has 0 N–H and O–H groups in total.